The van der Waals surface area contributed by atoms with E-state index < -0.39 is 21.9 Å². The number of nitrogens with one attached hydrogen (secondary N) is 1. The first kappa shape index (κ1) is 22.4. The predicted octanol–water partition coefficient (Wildman–Crippen LogP) is 3.19. The maximum atomic E-state index is 12.7. The topological polar surface area (TPSA) is 92.8 Å². The summed E-state index contributed by atoms with van der Waals surface area (Å²) in [5.41, 5.74) is 3.56. The Bertz CT molecular complexity index is 1030. The summed E-state index contributed by atoms with van der Waals surface area (Å²) < 4.78 is 30.8. The zero-order chi connectivity index (χ0) is 21.8. The van der Waals surface area contributed by atoms with Crippen LogP contribution in [0.25, 0.3) is 0 Å². The SMILES string of the molecule is CCOC(=O)c1ccc(C)c(NC(=O)CN(c2cc(C)ccc2C)S(C)(=O)=O)c1. The summed E-state index contributed by atoms with van der Waals surface area (Å²) in [6, 6.07) is 10.3. The molecule has 0 radical (unpaired) electrons. The summed E-state index contributed by atoms with van der Waals surface area (Å²) in [5.74, 6) is -1.00. The van der Waals surface area contributed by atoms with Crippen molar-refractivity contribution in [2.24, 2.45) is 0 Å². The highest BCUT2D eigenvalue weighted by Gasteiger charge is 2.23. The highest BCUT2D eigenvalue weighted by Crippen LogP contribution is 2.24. The molecule has 0 heterocycles. The van der Waals surface area contributed by atoms with Gasteiger partial charge < -0.3 is 10.1 Å². The van der Waals surface area contributed by atoms with Gasteiger partial charge in [0.05, 0.1) is 24.1 Å². The molecule has 156 valence electrons. The van der Waals surface area contributed by atoms with Crippen LogP contribution in [0.3, 0.4) is 0 Å². The minimum atomic E-state index is -3.69. The lowest BCUT2D eigenvalue weighted by Gasteiger charge is -2.24. The molecule has 0 spiro atoms. The van der Waals surface area contributed by atoms with Crippen molar-refractivity contribution in [2.45, 2.75) is 27.7 Å². The monoisotopic (exact) mass is 418 g/mol. The highest BCUT2D eigenvalue weighted by molar-refractivity contribution is 7.92. The number of nitrogens with zero attached hydrogens (tertiary/aromatic N) is 1. The molecule has 0 aliphatic heterocycles. The standard InChI is InChI=1S/C21H26N2O5S/c1-6-28-21(25)17-10-9-15(3)18(12-17)22-20(24)13-23(29(5,26)27)19-11-14(2)7-8-16(19)4/h7-12H,6,13H2,1-5H3,(H,22,24). The van der Waals surface area contributed by atoms with Gasteiger partial charge in [0.2, 0.25) is 15.9 Å². The molecular weight excluding hydrogens is 392 g/mol. The van der Waals surface area contributed by atoms with Gasteiger partial charge in [-0.2, -0.15) is 0 Å². The average molecular weight is 419 g/mol. The van der Waals surface area contributed by atoms with Gasteiger partial charge in [0.25, 0.3) is 0 Å². The molecule has 1 N–H and O–H groups in total. The number of ether oxygens (including phenoxy) is 1. The van der Waals surface area contributed by atoms with Crippen LogP contribution >= 0.6 is 0 Å². The Kier molecular flexibility index (Phi) is 7.02. The summed E-state index contributed by atoms with van der Waals surface area (Å²) in [6.45, 7) is 7.00. The third-order valence-electron chi connectivity index (χ3n) is 4.34. The summed E-state index contributed by atoms with van der Waals surface area (Å²) in [4.78, 5) is 24.6. The van der Waals surface area contributed by atoms with Gasteiger partial charge >= 0.3 is 5.97 Å². The van der Waals surface area contributed by atoms with Crippen molar-refractivity contribution < 1.29 is 22.7 Å². The van der Waals surface area contributed by atoms with Crippen LogP contribution in [0, 0.1) is 20.8 Å². The summed E-state index contributed by atoms with van der Waals surface area (Å²) >= 11 is 0. The molecule has 0 aliphatic rings. The Hall–Kier alpha value is -2.87. The molecule has 2 aromatic carbocycles. The Morgan fingerprint density at radius 2 is 1.69 bits per heavy atom. The van der Waals surface area contributed by atoms with Crippen LogP contribution in [0.1, 0.15) is 34.0 Å². The fourth-order valence-electron chi connectivity index (χ4n) is 2.79. The van der Waals surface area contributed by atoms with Crippen molar-refractivity contribution in [3.8, 4) is 0 Å². The fourth-order valence-corrected chi connectivity index (χ4v) is 3.69. The number of rotatable bonds is 7. The van der Waals surface area contributed by atoms with Crippen LogP contribution in [-0.2, 0) is 19.6 Å². The van der Waals surface area contributed by atoms with Crippen LogP contribution in [0.15, 0.2) is 36.4 Å². The number of sulfonamides is 1. The van der Waals surface area contributed by atoms with E-state index >= 15 is 0 Å². The molecule has 0 atom stereocenters. The lowest BCUT2D eigenvalue weighted by molar-refractivity contribution is -0.114. The number of benzene rings is 2. The minimum absolute atomic E-state index is 0.244. The smallest absolute Gasteiger partial charge is 0.338 e. The van der Waals surface area contributed by atoms with Crippen LogP contribution in [0.2, 0.25) is 0 Å². The Morgan fingerprint density at radius 1 is 1.03 bits per heavy atom. The molecular formula is C21H26N2O5S. The molecule has 1 amide bonds. The molecule has 2 rings (SSSR count). The maximum absolute atomic E-state index is 12.7. The summed E-state index contributed by atoms with van der Waals surface area (Å²) in [6.07, 6.45) is 1.06. The van der Waals surface area contributed by atoms with E-state index in [0.29, 0.717) is 16.9 Å². The van der Waals surface area contributed by atoms with Gasteiger partial charge in [-0.25, -0.2) is 13.2 Å². The Morgan fingerprint density at radius 3 is 2.31 bits per heavy atom. The van der Waals surface area contributed by atoms with Crippen molar-refractivity contribution in [2.75, 3.05) is 29.0 Å². The van der Waals surface area contributed by atoms with E-state index in [-0.39, 0.29) is 13.2 Å². The van der Waals surface area contributed by atoms with Crippen molar-refractivity contribution in [3.63, 3.8) is 0 Å². The zero-order valence-corrected chi connectivity index (χ0v) is 18.1. The van der Waals surface area contributed by atoms with Crippen LogP contribution in [0.4, 0.5) is 11.4 Å². The largest absolute Gasteiger partial charge is 0.462 e. The maximum Gasteiger partial charge on any atom is 0.338 e. The number of carbonyl (C=O) groups is 2. The second-order valence-corrected chi connectivity index (χ2v) is 8.76. The molecule has 0 saturated carbocycles. The first-order chi connectivity index (χ1) is 13.5. The summed E-state index contributed by atoms with van der Waals surface area (Å²) in [7, 11) is -3.69. The number of anilines is 2. The average Bonchev–Trinajstić information content (AvgIpc) is 2.63. The van der Waals surface area contributed by atoms with Gasteiger partial charge in [0, 0.05) is 5.69 Å². The Labute approximate surface area is 171 Å². The molecule has 8 heteroatoms. The third kappa shape index (κ3) is 5.80. The van der Waals surface area contributed by atoms with Crippen molar-refractivity contribution in [1.29, 1.82) is 0 Å². The first-order valence-electron chi connectivity index (χ1n) is 9.15. The number of amides is 1. The van der Waals surface area contributed by atoms with E-state index in [4.69, 9.17) is 4.74 Å². The molecule has 7 nitrogen and oxygen atoms in total. The van der Waals surface area contributed by atoms with E-state index in [1.54, 1.807) is 39.0 Å². The Balaban J connectivity index is 2.29. The van der Waals surface area contributed by atoms with Crippen molar-refractivity contribution in [1.82, 2.24) is 0 Å². The van der Waals surface area contributed by atoms with E-state index in [2.05, 4.69) is 5.32 Å². The van der Waals surface area contributed by atoms with Gasteiger partial charge in [-0.05, 0) is 62.6 Å². The number of carbonyl (C=O) groups excluding carboxylic acids is 2. The number of esters is 1. The number of aryl methyl sites for hydroxylation is 3. The van der Waals surface area contributed by atoms with Crippen molar-refractivity contribution in [3.05, 3.63) is 58.7 Å². The van der Waals surface area contributed by atoms with E-state index in [9.17, 15) is 18.0 Å². The molecule has 0 aliphatic carbocycles. The third-order valence-corrected chi connectivity index (χ3v) is 5.47. The molecule has 0 bridgehead atoms. The van der Waals surface area contributed by atoms with E-state index in [1.807, 2.05) is 19.1 Å². The molecule has 0 aromatic heterocycles. The molecule has 0 fully saturated rings. The second kappa shape index (κ2) is 9.09. The summed E-state index contributed by atoms with van der Waals surface area (Å²) in [5, 5.41) is 2.70. The predicted molar refractivity (Wildman–Crippen MR) is 114 cm³/mol. The second-order valence-electron chi connectivity index (χ2n) is 6.86. The molecule has 0 saturated heterocycles. The number of hydrogen-bond acceptors (Lipinski definition) is 5. The van der Waals surface area contributed by atoms with Crippen LogP contribution in [-0.4, -0.2) is 39.7 Å². The molecule has 29 heavy (non-hydrogen) atoms. The first-order valence-corrected chi connectivity index (χ1v) is 11.0. The van der Waals surface area contributed by atoms with E-state index in [1.165, 1.54) is 6.07 Å². The lowest BCUT2D eigenvalue weighted by Crippen LogP contribution is -2.38. The van der Waals surface area contributed by atoms with Gasteiger partial charge in [0.1, 0.15) is 6.54 Å². The zero-order valence-electron chi connectivity index (χ0n) is 17.3. The van der Waals surface area contributed by atoms with Gasteiger partial charge in [-0.15, -0.1) is 0 Å². The quantitative estimate of drug-likeness (QED) is 0.697. The minimum Gasteiger partial charge on any atom is -0.462 e. The van der Waals surface area contributed by atoms with E-state index in [0.717, 1.165) is 27.3 Å². The van der Waals surface area contributed by atoms with Gasteiger partial charge in [-0.1, -0.05) is 18.2 Å². The van der Waals surface area contributed by atoms with Crippen LogP contribution < -0.4 is 9.62 Å². The van der Waals surface area contributed by atoms with Gasteiger partial charge in [-0.3, -0.25) is 9.10 Å². The molecule has 0 unspecified atom stereocenters. The highest BCUT2D eigenvalue weighted by atomic mass is 32.2. The lowest BCUT2D eigenvalue weighted by atomic mass is 10.1. The fraction of sp³-hybridized carbons (Fsp3) is 0.333. The number of hydrogen-bond donors (Lipinski definition) is 1. The van der Waals surface area contributed by atoms with Crippen molar-refractivity contribution >= 4 is 33.3 Å². The molecule has 2 aromatic rings. The van der Waals surface area contributed by atoms with Gasteiger partial charge in [0.15, 0.2) is 0 Å². The van der Waals surface area contributed by atoms with Crippen LogP contribution in [0.5, 0.6) is 0 Å². The normalized spacial score (nSPS) is 11.1.